The van der Waals surface area contributed by atoms with Gasteiger partial charge >= 0.3 is 6.18 Å². The molecule has 9 heteroatoms. The molecule has 1 N–H and O–H groups in total. The summed E-state index contributed by atoms with van der Waals surface area (Å²) in [5, 5.41) is 4.89. The zero-order chi connectivity index (χ0) is 20.7. The smallest absolute Gasteiger partial charge is 0.351 e. The fourth-order valence-electron chi connectivity index (χ4n) is 2.51. The Hall–Kier alpha value is -2.42. The Morgan fingerprint density at radius 3 is 2.61 bits per heavy atom. The molecule has 0 fully saturated rings. The third-order valence-corrected chi connectivity index (χ3v) is 4.70. The van der Waals surface area contributed by atoms with Crippen molar-refractivity contribution in [3.05, 3.63) is 51.5 Å². The molecule has 0 radical (unpaired) electrons. The van der Waals surface area contributed by atoms with Gasteiger partial charge in [0.15, 0.2) is 0 Å². The van der Waals surface area contributed by atoms with Crippen molar-refractivity contribution < 1.29 is 22.8 Å². The molecule has 28 heavy (non-hydrogen) atoms. The number of thiazole rings is 1. The number of aromatic nitrogens is 1. The van der Waals surface area contributed by atoms with E-state index in [1.807, 2.05) is 13.8 Å². The highest BCUT2D eigenvalue weighted by Gasteiger charge is 2.31. The summed E-state index contributed by atoms with van der Waals surface area (Å²) >= 11 is 1.24. The number of alkyl halides is 3. The first-order valence-electron chi connectivity index (χ1n) is 8.95. The minimum atomic E-state index is -4.51. The van der Waals surface area contributed by atoms with Crippen LogP contribution in [0.1, 0.15) is 58.1 Å². The molecule has 0 saturated heterocycles. The van der Waals surface area contributed by atoms with E-state index in [2.05, 4.69) is 10.3 Å². The second kappa shape index (κ2) is 9.68. The molecule has 1 aromatic heterocycles. The van der Waals surface area contributed by atoms with E-state index >= 15 is 0 Å². The lowest BCUT2D eigenvalue weighted by atomic mass is 10.1. The number of benzene rings is 1. The Labute approximate surface area is 165 Å². The predicted octanol–water partition coefficient (Wildman–Crippen LogP) is 4.35. The maximum Gasteiger partial charge on any atom is 0.416 e. The molecular weight excluding hydrogens is 391 g/mol. The van der Waals surface area contributed by atoms with Crippen LogP contribution in [0.4, 0.5) is 13.2 Å². The zero-order valence-electron chi connectivity index (χ0n) is 15.7. The number of carbonyl (C=O) groups is 2. The highest BCUT2D eigenvalue weighted by atomic mass is 32.1. The summed E-state index contributed by atoms with van der Waals surface area (Å²) in [6, 6.07) is 4.38. The van der Waals surface area contributed by atoms with Crippen molar-refractivity contribution in [3.8, 4) is 0 Å². The molecule has 5 nitrogen and oxygen atoms in total. The average Bonchev–Trinajstić information content (AvgIpc) is 3.13. The molecule has 0 aliphatic heterocycles. The standard InChI is InChI=1S/C19H22F3N3O2S/c1-3-8-23-17(26)15-12-28-16(24-15)11-25(9-4-2)18(27)13-6-5-7-14(10-13)19(20,21)22/h5-7,10,12H,3-4,8-9,11H2,1-2H3,(H,23,26). The van der Waals surface area contributed by atoms with Gasteiger partial charge in [-0.25, -0.2) is 4.98 Å². The first-order chi connectivity index (χ1) is 13.3. The molecular formula is C19H22F3N3O2S. The summed E-state index contributed by atoms with van der Waals surface area (Å²) in [5.74, 6) is -0.782. The summed E-state index contributed by atoms with van der Waals surface area (Å²) in [6.45, 7) is 4.86. The molecule has 152 valence electrons. The molecule has 0 aliphatic carbocycles. The van der Waals surface area contributed by atoms with Crippen molar-refractivity contribution in [2.75, 3.05) is 13.1 Å². The number of hydrogen-bond acceptors (Lipinski definition) is 4. The van der Waals surface area contributed by atoms with E-state index < -0.39 is 17.6 Å². The minimum Gasteiger partial charge on any atom is -0.351 e. The van der Waals surface area contributed by atoms with Crippen LogP contribution in [0.2, 0.25) is 0 Å². The van der Waals surface area contributed by atoms with Crippen molar-refractivity contribution in [1.29, 1.82) is 0 Å². The molecule has 0 aliphatic rings. The van der Waals surface area contributed by atoms with E-state index in [1.54, 1.807) is 5.38 Å². The minimum absolute atomic E-state index is 0.0271. The topological polar surface area (TPSA) is 62.3 Å². The van der Waals surface area contributed by atoms with Crippen LogP contribution in [0.5, 0.6) is 0 Å². The van der Waals surface area contributed by atoms with E-state index in [9.17, 15) is 22.8 Å². The van der Waals surface area contributed by atoms with Gasteiger partial charge in [-0.15, -0.1) is 11.3 Å². The zero-order valence-corrected chi connectivity index (χ0v) is 16.5. The Bertz CT molecular complexity index is 821. The third kappa shape index (κ3) is 5.79. The van der Waals surface area contributed by atoms with Gasteiger partial charge in [0.1, 0.15) is 10.7 Å². The fourth-order valence-corrected chi connectivity index (χ4v) is 3.30. The van der Waals surface area contributed by atoms with Gasteiger partial charge in [0, 0.05) is 24.0 Å². The second-order valence-corrected chi connectivity index (χ2v) is 7.13. The number of nitrogens with one attached hydrogen (secondary N) is 1. The number of nitrogens with zero attached hydrogens (tertiary/aromatic N) is 2. The van der Waals surface area contributed by atoms with E-state index in [0.717, 1.165) is 18.6 Å². The SMILES string of the molecule is CCCNC(=O)c1csc(CN(CCC)C(=O)c2cccc(C(F)(F)F)c2)n1. The third-order valence-electron chi connectivity index (χ3n) is 3.86. The summed E-state index contributed by atoms with van der Waals surface area (Å²) in [7, 11) is 0. The Balaban J connectivity index is 2.16. The Morgan fingerprint density at radius 2 is 1.96 bits per heavy atom. The van der Waals surface area contributed by atoms with Crippen molar-refractivity contribution >= 4 is 23.2 Å². The molecule has 0 spiro atoms. The normalized spacial score (nSPS) is 11.3. The van der Waals surface area contributed by atoms with E-state index in [4.69, 9.17) is 0 Å². The second-order valence-electron chi connectivity index (χ2n) is 6.19. The van der Waals surface area contributed by atoms with Crippen LogP contribution in [0.15, 0.2) is 29.6 Å². The number of amides is 2. The largest absolute Gasteiger partial charge is 0.416 e. The summed E-state index contributed by atoms with van der Waals surface area (Å²) in [4.78, 5) is 30.4. The van der Waals surface area contributed by atoms with Crippen molar-refractivity contribution in [3.63, 3.8) is 0 Å². The van der Waals surface area contributed by atoms with Gasteiger partial charge in [0.05, 0.1) is 12.1 Å². The van der Waals surface area contributed by atoms with Crippen molar-refractivity contribution in [2.45, 2.75) is 39.4 Å². The van der Waals surface area contributed by atoms with Crippen LogP contribution in [0.25, 0.3) is 0 Å². The fraction of sp³-hybridized carbons (Fsp3) is 0.421. The van der Waals surface area contributed by atoms with E-state index in [-0.39, 0.29) is 23.7 Å². The number of halogens is 3. The van der Waals surface area contributed by atoms with Crippen LogP contribution in [0, 0.1) is 0 Å². The lowest BCUT2D eigenvalue weighted by Gasteiger charge is -2.21. The molecule has 0 saturated carbocycles. The van der Waals surface area contributed by atoms with E-state index in [0.29, 0.717) is 24.5 Å². The van der Waals surface area contributed by atoms with Gasteiger partial charge in [-0.2, -0.15) is 13.2 Å². The summed E-state index contributed by atoms with van der Waals surface area (Å²) in [5.41, 5.74) is -0.615. The maximum absolute atomic E-state index is 12.9. The molecule has 2 rings (SSSR count). The van der Waals surface area contributed by atoms with Crippen molar-refractivity contribution in [1.82, 2.24) is 15.2 Å². The van der Waals surface area contributed by atoms with Crippen molar-refractivity contribution in [2.24, 2.45) is 0 Å². The Kier molecular flexibility index (Phi) is 7.56. The number of hydrogen-bond donors (Lipinski definition) is 1. The quantitative estimate of drug-likeness (QED) is 0.700. The van der Waals surface area contributed by atoms with Gasteiger partial charge in [-0.05, 0) is 31.0 Å². The molecule has 0 atom stereocenters. The molecule has 2 aromatic rings. The van der Waals surface area contributed by atoms with Crippen LogP contribution in [-0.4, -0.2) is 34.8 Å². The van der Waals surface area contributed by atoms with Crippen LogP contribution < -0.4 is 5.32 Å². The molecule has 2 amide bonds. The van der Waals surface area contributed by atoms with Gasteiger partial charge in [-0.3, -0.25) is 9.59 Å². The number of carbonyl (C=O) groups excluding carboxylic acids is 2. The average molecular weight is 413 g/mol. The van der Waals surface area contributed by atoms with Gasteiger partial charge < -0.3 is 10.2 Å². The lowest BCUT2D eigenvalue weighted by molar-refractivity contribution is -0.137. The molecule has 1 heterocycles. The number of rotatable bonds is 8. The summed E-state index contributed by atoms with van der Waals surface area (Å²) in [6.07, 6.45) is -3.07. The monoisotopic (exact) mass is 413 g/mol. The van der Waals surface area contributed by atoms with Crippen LogP contribution in [0.3, 0.4) is 0 Å². The first-order valence-corrected chi connectivity index (χ1v) is 9.83. The molecule has 1 aromatic carbocycles. The van der Waals surface area contributed by atoms with E-state index in [1.165, 1.54) is 28.4 Å². The van der Waals surface area contributed by atoms with Crippen LogP contribution in [-0.2, 0) is 12.7 Å². The molecule has 0 bridgehead atoms. The van der Waals surface area contributed by atoms with Crippen LogP contribution >= 0.6 is 11.3 Å². The van der Waals surface area contributed by atoms with Gasteiger partial charge in [-0.1, -0.05) is 19.9 Å². The molecule has 0 unspecified atom stereocenters. The lowest BCUT2D eigenvalue weighted by Crippen LogP contribution is -2.31. The Morgan fingerprint density at radius 1 is 1.21 bits per heavy atom. The van der Waals surface area contributed by atoms with Gasteiger partial charge in [0.2, 0.25) is 0 Å². The highest BCUT2D eigenvalue weighted by Crippen LogP contribution is 2.30. The highest BCUT2D eigenvalue weighted by molar-refractivity contribution is 7.09. The predicted molar refractivity (Wildman–Crippen MR) is 101 cm³/mol. The maximum atomic E-state index is 12.9. The first kappa shape index (κ1) is 21.9. The summed E-state index contributed by atoms with van der Waals surface area (Å²) < 4.78 is 38.8. The van der Waals surface area contributed by atoms with Gasteiger partial charge in [0.25, 0.3) is 11.8 Å².